The van der Waals surface area contributed by atoms with E-state index in [1.54, 1.807) is 6.20 Å². The Morgan fingerprint density at radius 3 is 2.62 bits per heavy atom. The number of hydrogen-bond donors (Lipinski definition) is 1. The van der Waals surface area contributed by atoms with Crippen molar-refractivity contribution in [1.29, 1.82) is 0 Å². The maximum Gasteiger partial charge on any atom is 0.160 e. The number of halogens is 2. The highest BCUT2D eigenvalue weighted by Crippen LogP contribution is 2.27. The number of nitrogens with zero attached hydrogens (tertiary/aromatic N) is 1. The van der Waals surface area contributed by atoms with E-state index in [9.17, 15) is 13.0 Å². The Hall–Kier alpha value is -2.21. The SMILES string of the molecule is CS(=O)(=Nc1ccc(F)c(F)c1)c1c[nH]c2ccccc12. The third-order valence-electron chi connectivity index (χ3n) is 3.14. The average molecular weight is 306 g/mol. The highest BCUT2D eigenvalue weighted by Gasteiger charge is 2.13. The van der Waals surface area contributed by atoms with Gasteiger partial charge in [0.05, 0.1) is 20.3 Å². The van der Waals surface area contributed by atoms with Gasteiger partial charge >= 0.3 is 0 Å². The molecule has 0 amide bonds. The molecule has 3 rings (SSSR count). The van der Waals surface area contributed by atoms with Crippen molar-refractivity contribution in [1.82, 2.24) is 4.98 Å². The Kier molecular flexibility index (Phi) is 3.25. The summed E-state index contributed by atoms with van der Waals surface area (Å²) in [6.07, 6.45) is 3.11. The average Bonchev–Trinajstić information content (AvgIpc) is 2.87. The molecule has 108 valence electrons. The van der Waals surface area contributed by atoms with E-state index in [2.05, 4.69) is 9.35 Å². The monoisotopic (exact) mass is 306 g/mol. The summed E-state index contributed by atoms with van der Waals surface area (Å²) in [4.78, 5) is 3.57. The first-order valence-corrected chi connectivity index (χ1v) is 8.13. The normalized spacial score (nSPS) is 14.0. The number of H-pyrrole nitrogens is 1. The van der Waals surface area contributed by atoms with Crippen LogP contribution in [-0.2, 0) is 9.73 Å². The number of para-hydroxylation sites is 1. The molecule has 1 atom stereocenters. The molecule has 1 unspecified atom stereocenters. The summed E-state index contributed by atoms with van der Waals surface area (Å²) in [6.45, 7) is 0. The molecule has 0 fully saturated rings. The van der Waals surface area contributed by atoms with E-state index in [1.165, 1.54) is 12.3 Å². The summed E-state index contributed by atoms with van der Waals surface area (Å²) < 4.78 is 43.0. The van der Waals surface area contributed by atoms with Gasteiger partial charge in [0.25, 0.3) is 0 Å². The molecule has 0 aliphatic carbocycles. The number of aromatic amines is 1. The fourth-order valence-corrected chi connectivity index (χ4v) is 3.63. The van der Waals surface area contributed by atoms with Gasteiger partial charge in [0, 0.05) is 29.4 Å². The summed E-state index contributed by atoms with van der Waals surface area (Å²) in [5, 5.41) is 0.802. The lowest BCUT2D eigenvalue weighted by atomic mass is 10.2. The number of fused-ring (bicyclic) bond motifs is 1. The zero-order valence-corrected chi connectivity index (χ0v) is 12.0. The van der Waals surface area contributed by atoms with E-state index in [1.807, 2.05) is 24.3 Å². The predicted molar refractivity (Wildman–Crippen MR) is 79.1 cm³/mol. The molecule has 3 nitrogen and oxygen atoms in total. The molecule has 0 bridgehead atoms. The van der Waals surface area contributed by atoms with Crippen LogP contribution in [0.5, 0.6) is 0 Å². The first-order valence-electron chi connectivity index (χ1n) is 6.21. The van der Waals surface area contributed by atoms with Crippen LogP contribution in [0.2, 0.25) is 0 Å². The highest BCUT2D eigenvalue weighted by atomic mass is 32.2. The van der Waals surface area contributed by atoms with Crippen molar-refractivity contribution in [2.45, 2.75) is 4.90 Å². The molecule has 0 spiro atoms. The number of aromatic nitrogens is 1. The van der Waals surface area contributed by atoms with Gasteiger partial charge < -0.3 is 4.98 Å². The van der Waals surface area contributed by atoms with Crippen molar-refractivity contribution in [3.05, 3.63) is 60.3 Å². The standard InChI is InChI=1S/C15H12F2N2OS/c1-21(20,19-10-6-7-12(16)13(17)8-10)15-9-18-14-5-3-2-4-11(14)15/h2-9,18H,1H3. The minimum absolute atomic E-state index is 0.145. The van der Waals surface area contributed by atoms with Crippen LogP contribution in [0.4, 0.5) is 14.5 Å². The van der Waals surface area contributed by atoms with Crippen LogP contribution in [0.15, 0.2) is 57.9 Å². The molecule has 1 heterocycles. The minimum Gasteiger partial charge on any atom is -0.360 e. The fourth-order valence-electron chi connectivity index (χ4n) is 2.15. The number of benzene rings is 2. The molecular formula is C15H12F2N2OS. The number of rotatable bonds is 2. The Morgan fingerprint density at radius 2 is 1.86 bits per heavy atom. The molecule has 1 aromatic heterocycles. The van der Waals surface area contributed by atoms with Crippen LogP contribution in [-0.4, -0.2) is 15.4 Å². The Balaban J connectivity index is 2.17. The van der Waals surface area contributed by atoms with Crippen LogP contribution in [0.25, 0.3) is 10.9 Å². The molecule has 0 saturated heterocycles. The van der Waals surface area contributed by atoms with Crippen LogP contribution >= 0.6 is 0 Å². The zero-order valence-electron chi connectivity index (χ0n) is 11.1. The van der Waals surface area contributed by atoms with Crippen molar-refractivity contribution in [3.8, 4) is 0 Å². The van der Waals surface area contributed by atoms with E-state index in [-0.39, 0.29) is 5.69 Å². The van der Waals surface area contributed by atoms with Crippen molar-refractivity contribution in [3.63, 3.8) is 0 Å². The summed E-state index contributed by atoms with van der Waals surface area (Å²) in [5.74, 6) is -1.96. The summed E-state index contributed by atoms with van der Waals surface area (Å²) in [7, 11) is -2.77. The van der Waals surface area contributed by atoms with Gasteiger partial charge in [0.1, 0.15) is 0 Å². The van der Waals surface area contributed by atoms with Crippen LogP contribution < -0.4 is 0 Å². The predicted octanol–water partition coefficient (Wildman–Crippen LogP) is 4.23. The van der Waals surface area contributed by atoms with E-state index >= 15 is 0 Å². The minimum atomic E-state index is -2.77. The molecule has 6 heteroatoms. The van der Waals surface area contributed by atoms with Gasteiger partial charge in [-0.25, -0.2) is 13.0 Å². The molecule has 21 heavy (non-hydrogen) atoms. The third kappa shape index (κ3) is 2.54. The van der Waals surface area contributed by atoms with Crippen molar-refractivity contribution < 1.29 is 13.0 Å². The lowest BCUT2D eigenvalue weighted by molar-refractivity contribution is 0.509. The molecule has 0 aliphatic heterocycles. The van der Waals surface area contributed by atoms with Crippen LogP contribution in [0, 0.1) is 11.6 Å². The first-order chi connectivity index (χ1) is 9.97. The number of nitrogens with one attached hydrogen (secondary N) is 1. The van der Waals surface area contributed by atoms with Crippen LogP contribution in [0.3, 0.4) is 0 Å². The van der Waals surface area contributed by atoms with Gasteiger partial charge in [-0.2, -0.15) is 4.36 Å². The molecule has 1 N–H and O–H groups in total. The molecule has 3 aromatic rings. The second kappa shape index (κ2) is 4.96. The van der Waals surface area contributed by atoms with Gasteiger partial charge in [-0.1, -0.05) is 18.2 Å². The van der Waals surface area contributed by atoms with Gasteiger partial charge in [-0.05, 0) is 18.2 Å². The van der Waals surface area contributed by atoms with Crippen molar-refractivity contribution in [2.75, 3.05) is 6.26 Å². The van der Waals surface area contributed by atoms with E-state index in [0.717, 1.165) is 23.0 Å². The zero-order chi connectivity index (χ0) is 15.0. The fraction of sp³-hybridized carbons (Fsp3) is 0.0667. The lowest BCUT2D eigenvalue weighted by Gasteiger charge is -2.03. The highest BCUT2D eigenvalue weighted by molar-refractivity contribution is 7.93. The second-order valence-corrected chi connectivity index (χ2v) is 6.92. The van der Waals surface area contributed by atoms with E-state index < -0.39 is 21.4 Å². The molecule has 2 aromatic carbocycles. The maximum atomic E-state index is 13.2. The number of hydrogen-bond acceptors (Lipinski definition) is 2. The quantitative estimate of drug-likeness (QED) is 0.756. The lowest BCUT2D eigenvalue weighted by Crippen LogP contribution is -1.96. The second-order valence-electron chi connectivity index (χ2n) is 4.69. The largest absolute Gasteiger partial charge is 0.360 e. The van der Waals surface area contributed by atoms with Gasteiger partial charge in [0.2, 0.25) is 0 Å². The van der Waals surface area contributed by atoms with E-state index in [4.69, 9.17) is 0 Å². The summed E-state index contributed by atoms with van der Waals surface area (Å²) >= 11 is 0. The van der Waals surface area contributed by atoms with Crippen molar-refractivity contribution in [2.24, 2.45) is 4.36 Å². The van der Waals surface area contributed by atoms with Gasteiger partial charge in [-0.3, -0.25) is 0 Å². The van der Waals surface area contributed by atoms with Crippen LogP contribution in [0.1, 0.15) is 0 Å². The Morgan fingerprint density at radius 1 is 1.10 bits per heavy atom. The third-order valence-corrected chi connectivity index (χ3v) is 4.86. The van der Waals surface area contributed by atoms with Gasteiger partial charge in [0.15, 0.2) is 11.6 Å². The molecule has 0 aliphatic rings. The first kappa shape index (κ1) is 13.8. The summed E-state index contributed by atoms with van der Waals surface area (Å²) in [6, 6.07) is 10.6. The smallest absolute Gasteiger partial charge is 0.160 e. The molecule has 0 radical (unpaired) electrons. The van der Waals surface area contributed by atoms with E-state index in [0.29, 0.717) is 4.90 Å². The Labute approximate surface area is 120 Å². The Bertz CT molecular complexity index is 940. The molecular weight excluding hydrogens is 294 g/mol. The molecule has 0 saturated carbocycles. The van der Waals surface area contributed by atoms with Gasteiger partial charge in [-0.15, -0.1) is 0 Å². The summed E-state index contributed by atoms with van der Waals surface area (Å²) in [5.41, 5.74) is 0.995. The van der Waals surface area contributed by atoms with Crippen molar-refractivity contribution >= 4 is 26.3 Å². The maximum absolute atomic E-state index is 13.2. The topological polar surface area (TPSA) is 45.2 Å².